The second kappa shape index (κ2) is 8.53. The van der Waals surface area contributed by atoms with Crippen molar-refractivity contribution in [1.82, 2.24) is 14.8 Å². The van der Waals surface area contributed by atoms with Gasteiger partial charge in [-0.25, -0.2) is 4.79 Å². The number of likely N-dealkylation sites (tertiary alicyclic amines) is 1. The third-order valence-corrected chi connectivity index (χ3v) is 4.99. The number of hydrogen-bond donors (Lipinski definition) is 1. The number of aromatic nitrogens is 1. The average Bonchev–Trinajstić information content (AvgIpc) is 3.04. The Morgan fingerprint density at radius 1 is 1.33 bits per heavy atom. The van der Waals surface area contributed by atoms with Gasteiger partial charge >= 0.3 is 6.03 Å². The van der Waals surface area contributed by atoms with Crippen LogP contribution in [0.15, 0.2) is 18.3 Å². The number of ether oxygens (including phenoxy) is 2. The van der Waals surface area contributed by atoms with Crippen molar-refractivity contribution in [3.05, 3.63) is 24.0 Å². The van der Waals surface area contributed by atoms with Crippen LogP contribution in [0, 0.1) is 0 Å². The normalized spacial score (nSPS) is 22.5. The summed E-state index contributed by atoms with van der Waals surface area (Å²) in [6, 6.07) is 4.03. The molecule has 0 radical (unpaired) electrons. The Labute approximate surface area is 144 Å². The molecule has 2 aliphatic heterocycles. The summed E-state index contributed by atoms with van der Waals surface area (Å²) in [5.74, 6) is 0. The third kappa shape index (κ3) is 4.74. The number of nitrogens with zero attached hydrogens (tertiary/aromatic N) is 2. The lowest BCUT2D eigenvalue weighted by molar-refractivity contribution is -0.0728. The smallest absolute Gasteiger partial charge is 0.317 e. The number of nitrogens with one attached hydrogen (secondary N) is 1. The second-order valence-electron chi connectivity index (χ2n) is 6.78. The van der Waals surface area contributed by atoms with E-state index in [1.165, 1.54) is 12.8 Å². The monoisotopic (exact) mass is 335 g/mol. The lowest BCUT2D eigenvalue weighted by atomic mass is 10.1. The number of urea groups is 1. The maximum absolute atomic E-state index is 12.3. The molecule has 2 fully saturated rings. The van der Waals surface area contributed by atoms with Crippen molar-refractivity contribution in [2.45, 2.75) is 50.9 Å². The van der Waals surface area contributed by atoms with E-state index in [4.69, 9.17) is 9.47 Å². The van der Waals surface area contributed by atoms with E-state index >= 15 is 0 Å². The maximum Gasteiger partial charge on any atom is 0.317 e. The van der Waals surface area contributed by atoms with Crippen molar-refractivity contribution in [3.8, 4) is 0 Å². The molecule has 2 amide bonds. The van der Waals surface area contributed by atoms with E-state index in [-0.39, 0.29) is 18.2 Å². The van der Waals surface area contributed by atoms with Gasteiger partial charge in [0.05, 0.1) is 25.4 Å². The predicted octanol–water partition coefficient (Wildman–Crippen LogP) is 2.28. The summed E-state index contributed by atoms with van der Waals surface area (Å²) in [5.41, 5.74) is 1.11. The topological polar surface area (TPSA) is 55.7 Å². The van der Waals surface area contributed by atoms with Crippen LogP contribution in [-0.4, -0.2) is 54.0 Å². The van der Waals surface area contributed by atoms with E-state index in [0.717, 1.165) is 44.7 Å². The van der Waals surface area contributed by atoms with E-state index in [9.17, 15) is 4.79 Å². The minimum Gasteiger partial charge on any atom is -0.376 e. The van der Waals surface area contributed by atoms with Gasteiger partial charge in [-0.15, -0.1) is 0 Å². The molecular formula is C18H29N3O3. The molecule has 0 aromatic carbocycles. The fourth-order valence-corrected chi connectivity index (χ4v) is 3.37. The summed E-state index contributed by atoms with van der Waals surface area (Å²) in [6.07, 6.45) is 7.86. The Balaban J connectivity index is 1.33. The van der Waals surface area contributed by atoms with Crippen molar-refractivity contribution in [3.63, 3.8) is 0 Å². The molecule has 1 atom stereocenters. The van der Waals surface area contributed by atoms with Crippen LogP contribution < -0.4 is 5.32 Å². The second-order valence-corrected chi connectivity index (χ2v) is 6.78. The fraction of sp³-hybridized carbons (Fsp3) is 0.722. The van der Waals surface area contributed by atoms with Crippen LogP contribution >= 0.6 is 0 Å². The molecule has 6 heteroatoms. The molecule has 0 saturated carbocycles. The van der Waals surface area contributed by atoms with Crippen LogP contribution in [-0.2, 0) is 23.1 Å². The van der Waals surface area contributed by atoms with Gasteiger partial charge in [0.25, 0.3) is 0 Å². The van der Waals surface area contributed by atoms with Crippen LogP contribution in [0.25, 0.3) is 0 Å². The number of rotatable bonds is 5. The Morgan fingerprint density at radius 3 is 2.83 bits per heavy atom. The molecule has 134 valence electrons. The Morgan fingerprint density at radius 2 is 2.17 bits per heavy atom. The van der Waals surface area contributed by atoms with Crippen molar-refractivity contribution in [2.24, 2.45) is 7.05 Å². The molecule has 1 N–H and O–H groups in total. The summed E-state index contributed by atoms with van der Waals surface area (Å²) < 4.78 is 13.7. The fourth-order valence-electron chi connectivity index (χ4n) is 3.37. The highest BCUT2D eigenvalue weighted by molar-refractivity contribution is 5.74. The first-order valence-electron chi connectivity index (χ1n) is 9.08. The quantitative estimate of drug-likeness (QED) is 0.898. The number of amides is 2. The number of aryl methyl sites for hydroxylation is 1. The highest BCUT2D eigenvalue weighted by atomic mass is 16.5. The summed E-state index contributed by atoms with van der Waals surface area (Å²) in [7, 11) is 1.99. The van der Waals surface area contributed by atoms with E-state index in [1.807, 2.05) is 34.8 Å². The molecule has 24 heavy (non-hydrogen) atoms. The zero-order chi connectivity index (χ0) is 16.8. The molecule has 2 aliphatic rings. The molecule has 6 nitrogen and oxygen atoms in total. The van der Waals surface area contributed by atoms with Gasteiger partial charge in [0, 0.05) is 38.6 Å². The number of carbonyl (C=O) groups is 1. The maximum atomic E-state index is 12.3. The first-order chi connectivity index (χ1) is 11.7. The Hall–Kier alpha value is -1.53. The SMILES string of the molecule is Cn1cccc1CNC(=O)N1CCC(OCC2CCCCO2)CC1. The van der Waals surface area contributed by atoms with Crippen LogP contribution in [0.5, 0.6) is 0 Å². The van der Waals surface area contributed by atoms with Gasteiger partial charge in [-0.1, -0.05) is 0 Å². The van der Waals surface area contributed by atoms with Gasteiger partial charge in [-0.2, -0.15) is 0 Å². The van der Waals surface area contributed by atoms with Gasteiger partial charge in [-0.05, 0) is 44.2 Å². The zero-order valence-corrected chi connectivity index (χ0v) is 14.6. The molecule has 0 bridgehead atoms. The number of carbonyl (C=O) groups excluding carboxylic acids is 1. The standard InChI is InChI=1S/C18H29N3O3/c1-20-9-4-5-15(20)13-19-18(22)21-10-7-16(8-11-21)24-14-17-6-2-3-12-23-17/h4-5,9,16-17H,2-3,6-8,10-14H2,1H3,(H,19,22). The van der Waals surface area contributed by atoms with Gasteiger partial charge in [0.15, 0.2) is 0 Å². The van der Waals surface area contributed by atoms with Crippen LogP contribution in [0.4, 0.5) is 4.79 Å². The van der Waals surface area contributed by atoms with Crippen molar-refractivity contribution < 1.29 is 14.3 Å². The average molecular weight is 335 g/mol. The molecule has 0 spiro atoms. The number of hydrogen-bond acceptors (Lipinski definition) is 3. The first-order valence-corrected chi connectivity index (χ1v) is 9.08. The van der Waals surface area contributed by atoms with Gasteiger partial charge in [0.1, 0.15) is 0 Å². The van der Waals surface area contributed by atoms with E-state index in [0.29, 0.717) is 13.2 Å². The third-order valence-electron chi connectivity index (χ3n) is 4.99. The van der Waals surface area contributed by atoms with Crippen LogP contribution in [0.3, 0.4) is 0 Å². The predicted molar refractivity (Wildman–Crippen MR) is 91.8 cm³/mol. The molecule has 1 aromatic rings. The first kappa shape index (κ1) is 17.3. The lowest BCUT2D eigenvalue weighted by Gasteiger charge is -2.33. The van der Waals surface area contributed by atoms with Crippen molar-refractivity contribution in [1.29, 1.82) is 0 Å². The molecule has 0 aliphatic carbocycles. The number of piperidine rings is 1. The summed E-state index contributed by atoms with van der Waals surface area (Å²) in [4.78, 5) is 14.2. The minimum atomic E-state index is 0.0188. The molecule has 2 saturated heterocycles. The molecule has 1 unspecified atom stereocenters. The van der Waals surface area contributed by atoms with Gasteiger partial charge in [0.2, 0.25) is 0 Å². The Bertz CT molecular complexity index is 517. The van der Waals surface area contributed by atoms with Crippen LogP contribution in [0.1, 0.15) is 37.8 Å². The van der Waals surface area contributed by atoms with Crippen molar-refractivity contribution in [2.75, 3.05) is 26.3 Å². The summed E-state index contributed by atoms with van der Waals surface area (Å²) in [6.45, 7) is 3.65. The molecular weight excluding hydrogens is 306 g/mol. The summed E-state index contributed by atoms with van der Waals surface area (Å²) >= 11 is 0. The van der Waals surface area contributed by atoms with Crippen LogP contribution in [0.2, 0.25) is 0 Å². The van der Waals surface area contributed by atoms with Gasteiger partial charge in [-0.3, -0.25) is 0 Å². The molecule has 3 heterocycles. The largest absolute Gasteiger partial charge is 0.376 e. The Kier molecular flexibility index (Phi) is 6.15. The lowest BCUT2D eigenvalue weighted by Crippen LogP contribution is -2.46. The van der Waals surface area contributed by atoms with E-state index in [2.05, 4.69) is 5.32 Å². The molecule has 3 rings (SSSR count). The van der Waals surface area contributed by atoms with E-state index in [1.54, 1.807) is 0 Å². The molecule has 1 aromatic heterocycles. The highest BCUT2D eigenvalue weighted by Crippen LogP contribution is 2.18. The zero-order valence-electron chi connectivity index (χ0n) is 14.6. The minimum absolute atomic E-state index is 0.0188. The summed E-state index contributed by atoms with van der Waals surface area (Å²) in [5, 5.41) is 3.00. The van der Waals surface area contributed by atoms with Crippen molar-refractivity contribution >= 4 is 6.03 Å². The van der Waals surface area contributed by atoms with Gasteiger partial charge < -0.3 is 24.3 Å². The van der Waals surface area contributed by atoms with E-state index < -0.39 is 0 Å². The highest BCUT2D eigenvalue weighted by Gasteiger charge is 2.24.